The molecule has 3 aromatic carbocycles. The van der Waals surface area contributed by atoms with Gasteiger partial charge in [-0.05, 0) is 60.9 Å². The Morgan fingerprint density at radius 1 is 1.00 bits per heavy atom. The fourth-order valence-corrected chi connectivity index (χ4v) is 4.25. The number of benzene rings is 3. The number of Topliss-reactive ketones (excluding diaryl/α,β-unsaturated/α-hetero) is 1. The molecule has 4 rings (SSSR count). The summed E-state index contributed by atoms with van der Waals surface area (Å²) in [5.74, 6) is -0.953. The van der Waals surface area contributed by atoms with Crippen LogP contribution in [-0.4, -0.2) is 47.1 Å². The number of rotatable bonds is 8. The third kappa shape index (κ3) is 4.84. The molecule has 1 heterocycles. The van der Waals surface area contributed by atoms with Gasteiger partial charge < -0.3 is 24.6 Å². The minimum atomic E-state index is -0.847. The first-order valence-electron chi connectivity index (χ1n) is 11.4. The number of amides is 1. The average molecular weight is 474 g/mol. The number of likely N-dealkylation sites (tertiary alicyclic amines) is 1. The first kappa shape index (κ1) is 23.9. The predicted molar refractivity (Wildman–Crippen MR) is 131 cm³/mol. The summed E-state index contributed by atoms with van der Waals surface area (Å²) in [6, 6.07) is 20.1. The van der Waals surface area contributed by atoms with Crippen LogP contribution in [0.4, 0.5) is 0 Å². The number of carbonyl (C=O) groups excluding carboxylic acids is 2. The highest BCUT2D eigenvalue weighted by atomic mass is 16.5. The second-order valence-electron chi connectivity index (χ2n) is 8.12. The summed E-state index contributed by atoms with van der Waals surface area (Å²) in [6.45, 7) is 2.64. The van der Waals surface area contributed by atoms with Gasteiger partial charge in [0, 0.05) is 12.1 Å². The van der Waals surface area contributed by atoms with Crippen LogP contribution in [0.5, 0.6) is 17.2 Å². The Bertz CT molecular complexity index is 1250. The number of phenolic OH excluding ortho intramolecular Hbond substituents is 1. The molecule has 1 aliphatic heterocycles. The van der Waals surface area contributed by atoms with E-state index in [1.54, 1.807) is 36.4 Å². The van der Waals surface area contributed by atoms with E-state index in [1.165, 1.54) is 18.1 Å². The zero-order valence-electron chi connectivity index (χ0n) is 19.6. The molecule has 1 saturated heterocycles. The maximum atomic E-state index is 13.2. The van der Waals surface area contributed by atoms with Crippen LogP contribution in [0, 0.1) is 0 Å². The quantitative estimate of drug-likeness (QED) is 0.285. The van der Waals surface area contributed by atoms with Crippen LogP contribution in [0.1, 0.15) is 29.7 Å². The number of ketones is 1. The molecule has 1 fully saturated rings. The zero-order chi connectivity index (χ0) is 24.9. The van der Waals surface area contributed by atoms with Gasteiger partial charge in [0.15, 0.2) is 11.5 Å². The van der Waals surface area contributed by atoms with Crippen molar-refractivity contribution < 1.29 is 29.3 Å². The van der Waals surface area contributed by atoms with Gasteiger partial charge in [-0.3, -0.25) is 9.59 Å². The molecule has 0 spiro atoms. The van der Waals surface area contributed by atoms with E-state index in [0.29, 0.717) is 29.9 Å². The topological polar surface area (TPSA) is 96.3 Å². The van der Waals surface area contributed by atoms with Gasteiger partial charge >= 0.3 is 0 Å². The lowest BCUT2D eigenvalue weighted by atomic mass is 9.94. The molecule has 0 aromatic heterocycles. The van der Waals surface area contributed by atoms with Gasteiger partial charge in [-0.15, -0.1) is 0 Å². The number of phenols is 1. The summed E-state index contributed by atoms with van der Waals surface area (Å²) in [6.07, 6.45) is 0.530. The fourth-order valence-electron chi connectivity index (χ4n) is 4.25. The maximum absolute atomic E-state index is 13.2. The molecule has 7 heteroatoms. The number of methoxy groups -OCH3 is 1. The molecule has 180 valence electrons. The number of ether oxygens (including phenoxy) is 2. The van der Waals surface area contributed by atoms with Crippen molar-refractivity contribution in [2.75, 3.05) is 20.3 Å². The van der Waals surface area contributed by atoms with E-state index in [-0.39, 0.29) is 29.4 Å². The summed E-state index contributed by atoms with van der Waals surface area (Å²) in [4.78, 5) is 27.8. The van der Waals surface area contributed by atoms with E-state index >= 15 is 0 Å². The van der Waals surface area contributed by atoms with Crippen molar-refractivity contribution >= 4 is 17.4 Å². The van der Waals surface area contributed by atoms with E-state index < -0.39 is 17.7 Å². The number of hydrogen-bond donors (Lipinski definition) is 2. The average Bonchev–Trinajstić information content (AvgIpc) is 3.13. The van der Waals surface area contributed by atoms with E-state index in [2.05, 4.69) is 0 Å². The molecule has 7 nitrogen and oxygen atoms in total. The second-order valence-corrected chi connectivity index (χ2v) is 8.12. The molecule has 1 amide bonds. The van der Waals surface area contributed by atoms with Crippen LogP contribution in [0.15, 0.2) is 78.4 Å². The Balaban J connectivity index is 1.79. The first-order valence-corrected chi connectivity index (χ1v) is 11.4. The van der Waals surface area contributed by atoms with Gasteiger partial charge in [-0.25, -0.2) is 0 Å². The number of hydrogen-bond acceptors (Lipinski definition) is 6. The Labute approximate surface area is 203 Å². The van der Waals surface area contributed by atoms with Crippen molar-refractivity contribution in [3.05, 3.63) is 95.1 Å². The van der Waals surface area contributed by atoms with E-state index in [1.807, 2.05) is 37.3 Å². The Morgan fingerprint density at radius 3 is 2.37 bits per heavy atom. The summed E-state index contributed by atoms with van der Waals surface area (Å²) in [7, 11) is 1.42. The number of carbonyl (C=O) groups is 2. The van der Waals surface area contributed by atoms with Gasteiger partial charge in [0.05, 0.1) is 25.3 Å². The van der Waals surface area contributed by atoms with E-state index in [0.717, 1.165) is 5.56 Å². The van der Waals surface area contributed by atoms with Gasteiger partial charge in [0.25, 0.3) is 11.7 Å². The number of aliphatic hydroxyl groups is 1. The summed E-state index contributed by atoms with van der Waals surface area (Å²) in [5.41, 5.74) is 1.94. The normalized spacial score (nSPS) is 17.0. The van der Waals surface area contributed by atoms with Crippen molar-refractivity contribution in [2.24, 2.45) is 0 Å². The second kappa shape index (κ2) is 10.3. The molecule has 2 N–H and O–H groups in total. The molecule has 0 radical (unpaired) electrons. The molecule has 35 heavy (non-hydrogen) atoms. The lowest BCUT2D eigenvalue weighted by molar-refractivity contribution is -0.139. The summed E-state index contributed by atoms with van der Waals surface area (Å²) in [5, 5.41) is 21.3. The van der Waals surface area contributed by atoms with Crippen LogP contribution in [0.2, 0.25) is 0 Å². The highest BCUT2D eigenvalue weighted by Gasteiger charge is 2.46. The molecular weight excluding hydrogens is 446 g/mol. The van der Waals surface area contributed by atoms with Crippen molar-refractivity contribution in [2.45, 2.75) is 19.4 Å². The maximum Gasteiger partial charge on any atom is 0.295 e. The monoisotopic (exact) mass is 473 g/mol. The lowest BCUT2D eigenvalue weighted by Crippen LogP contribution is -2.31. The highest BCUT2D eigenvalue weighted by molar-refractivity contribution is 6.46. The van der Waals surface area contributed by atoms with Gasteiger partial charge in [-0.2, -0.15) is 0 Å². The van der Waals surface area contributed by atoms with Gasteiger partial charge in [0.1, 0.15) is 11.5 Å². The molecule has 3 aromatic rings. The Morgan fingerprint density at radius 2 is 1.71 bits per heavy atom. The van der Waals surface area contributed by atoms with Crippen LogP contribution in [0.25, 0.3) is 5.76 Å². The molecular formula is C28H27NO6. The largest absolute Gasteiger partial charge is 0.507 e. The van der Waals surface area contributed by atoms with E-state index in [9.17, 15) is 19.8 Å². The summed E-state index contributed by atoms with van der Waals surface area (Å²) < 4.78 is 10.7. The molecule has 0 bridgehead atoms. The lowest BCUT2D eigenvalue weighted by Gasteiger charge is -2.26. The Kier molecular flexibility index (Phi) is 7.06. The third-order valence-electron chi connectivity index (χ3n) is 5.98. The SMILES string of the molecule is CCOc1ccc(/C(O)=C2\C(=O)C(=O)N(CCc3ccccc3)C2c2ccc(O)c(OC)c2)cc1. The fraction of sp³-hybridized carbons (Fsp3) is 0.214. The van der Waals surface area contributed by atoms with Crippen molar-refractivity contribution in [3.8, 4) is 17.2 Å². The highest BCUT2D eigenvalue weighted by Crippen LogP contribution is 2.42. The van der Waals surface area contributed by atoms with Crippen molar-refractivity contribution in [1.29, 1.82) is 0 Å². The minimum absolute atomic E-state index is 0.0139. The molecule has 1 unspecified atom stereocenters. The minimum Gasteiger partial charge on any atom is -0.507 e. The standard InChI is InChI=1S/C28H27NO6/c1-3-35-21-12-9-19(10-13-21)26(31)24-25(20-11-14-22(30)23(17-20)34-2)29(28(33)27(24)32)16-15-18-7-5-4-6-8-18/h4-14,17,25,30-31H,3,15-16H2,1-2H3/b26-24+. The van der Waals surface area contributed by atoms with Gasteiger partial charge in [0.2, 0.25) is 0 Å². The number of nitrogens with zero attached hydrogens (tertiary/aromatic N) is 1. The Hall–Kier alpha value is -4.26. The van der Waals surface area contributed by atoms with Gasteiger partial charge in [-0.1, -0.05) is 36.4 Å². The molecule has 0 aliphatic carbocycles. The predicted octanol–water partition coefficient (Wildman–Crippen LogP) is 4.46. The zero-order valence-corrected chi connectivity index (χ0v) is 19.6. The summed E-state index contributed by atoms with van der Waals surface area (Å²) >= 11 is 0. The van der Waals surface area contributed by atoms with Crippen LogP contribution in [-0.2, 0) is 16.0 Å². The smallest absolute Gasteiger partial charge is 0.295 e. The van der Waals surface area contributed by atoms with Crippen LogP contribution in [0.3, 0.4) is 0 Å². The van der Waals surface area contributed by atoms with Crippen LogP contribution < -0.4 is 9.47 Å². The van der Waals surface area contributed by atoms with Crippen molar-refractivity contribution in [3.63, 3.8) is 0 Å². The first-order chi connectivity index (χ1) is 16.9. The third-order valence-corrected chi connectivity index (χ3v) is 5.98. The van der Waals surface area contributed by atoms with Crippen LogP contribution >= 0.6 is 0 Å². The number of aliphatic hydroxyl groups excluding tert-OH is 1. The number of aromatic hydroxyl groups is 1. The molecule has 1 aliphatic rings. The molecule has 1 atom stereocenters. The van der Waals surface area contributed by atoms with E-state index in [4.69, 9.17) is 9.47 Å². The molecule has 0 saturated carbocycles. The van der Waals surface area contributed by atoms with Crippen molar-refractivity contribution in [1.82, 2.24) is 4.90 Å².